The second-order valence-electron chi connectivity index (χ2n) is 6.59. The predicted molar refractivity (Wildman–Crippen MR) is 94.9 cm³/mol. The Bertz CT molecular complexity index is 989. The first-order chi connectivity index (χ1) is 12.7. The summed E-state index contributed by atoms with van der Waals surface area (Å²) < 4.78 is 22.2. The molecule has 0 radical (unpaired) electrons. The van der Waals surface area contributed by atoms with Gasteiger partial charge in [-0.15, -0.1) is 0 Å². The highest BCUT2D eigenvalue weighted by atomic mass is 19.1. The summed E-state index contributed by atoms with van der Waals surface area (Å²) in [5.74, 6) is 1.43. The number of hydrogen-bond acceptors (Lipinski definition) is 4. The Morgan fingerprint density at radius 3 is 2.85 bits per heavy atom. The largest absolute Gasteiger partial charge is 0.381 e. The molecule has 2 aromatic heterocycles. The number of nitrogens with zero attached hydrogens (tertiary/aromatic N) is 4. The average molecular weight is 356 g/mol. The van der Waals surface area contributed by atoms with Gasteiger partial charge in [0.05, 0.1) is 12.7 Å². The topological polar surface area (TPSA) is 61.4 Å². The van der Waals surface area contributed by atoms with Gasteiger partial charge in [-0.05, 0) is 30.5 Å². The first-order valence-corrected chi connectivity index (χ1v) is 8.97. The summed E-state index contributed by atoms with van der Waals surface area (Å²) in [6.07, 6.45) is 3.97. The Kier molecular flexibility index (Phi) is 4.55. The number of rotatable bonds is 4. The Balaban J connectivity index is 1.79. The molecule has 0 bridgehead atoms. The number of fused-ring (bicyclic) bond motifs is 1. The van der Waals surface area contributed by atoms with Crippen LogP contribution in [0.25, 0.3) is 5.52 Å². The number of aromatic nitrogens is 4. The van der Waals surface area contributed by atoms with E-state index in [2.05, 4.69) is 4.98 Å². The lowest BCUT2D eigenvalue weighted by Gasteiger charge is -2.21. The first kappa shape index (κ1) is 16.9. The van der Waals surface area contributed by atoms with Crippen molar-refractivity contribution in [1.82, 2.24) is 19.2 Å². The molecule has 3 heterocycles. The summed E-state index contributed by atoms with van der Waals surface area (Å²) in [5, 5.41) is 4.69. The molecule has 1 fully saturated rings. The van der Waals surface area contributed by atoms with Crippen LogP contribution >= 0.6 is 0 Å². The van der Waals surface area contributed by atoms with Gasteiger partial charge in [-0.3, -0.25) is 9.36 Å². The van der Waals surface area contributed by atoms with Crippen LogP contribution in [-0.2, 0) is 17.7 Å². The molecule has 136 valence electrons. The van der Waals surface area contributed by atoms with Gasteiger partial charge in [0, 0.05) is 25.6 Å². The molecule has 1 aromatic carbocycles. The van der Waals surface area contributed by atoms with Crippen molar-refractivity contribution in [2.75, 3.05) is 13.2 Å². The number of hydrogen-bond donors (Lipinski definition) is 0. The SMILES string of the molecule is CCc1nn2c(C3CCOCC3)ncc2c(=O)n1Cc1cccc(F)c1. The minimum Gasteiger partial charge on any atom is -0.381 e. The summed E-state index contributed by atoms with van der Waals surface area (Å²) in [4.78, 5) is 17.5. The monoisotopic (exact) mass is 356 g/mol. The fourth-order valence-electron chi connectivity index (χ4n) is 3.51. The third kappa shape index (κ3) is 3.03. The molecule has 7 heteroatoms. The third-order valence-electron chi connectivity index (χ3n) is 4.89. The lowest BCUT2D eigenvalue weighted by molar-refractivity contribution is 0.0832. The van der Waals surface area contributed by atoms with Gasteiger partial charge < -0.3 is 4.74 Å². The lowest BCUT2D eigenvalue weighted by atomic mass is 10.00. The van der Waals surface area contributed by atoms with Crippen molar-refractivity contribution in [3.8, 4) is 0 Å². The Morgan fingerprint density at radius 1 is 1.31 bits per heavy atom. The van der Waals surface area contributed by atoms with Crippen molar-refractivity contribution < 1.29 is 9.13 Å². The Hall–Kier alpha value is -2.54. The molecule has 1 saturated heterocycles. The minimum atomic E-state index is -0.311. The molecule has 0 aliphatic carbocycles. The van der Waals surface area contributed by atoms with Crippen LogP contribution < -0.4 is 5.56 Å². The molecule has 0 amide bonds. The van der Waals surface area contributed by atoms with E-state index in [1.807, 2.05) is 13.0 Å². The summed E-state index contributed by atoms with van der Waals surface area (Å²) in [5.41, 5.74) is 1.05. The molecule has 3 aromatic rings. The van der Waals surface area contributed by atoms with Crippen molar-refractivity contribution in [3.63, 3.8) is 0 Å². The number of halogens is 1. The maximum atomic E-state index is 13.5. The van der Waals surface area contributed by atoms with Gasteiger partial charge in [-0.2, -0.15) is 5.10 Å². The Morgan fingerprint density at radius 2 is 2.12 bits per heavy atom. The van der Waals surface area contributed by atoms with Crippen molar-refractivity contribution in [2.24, 2.45) is 0 Å². The van der Waals surface area contributed by atoms with E-state index in [0.29, 0.717) is 37.5 Å². The maximum Gasteiger partial charge on any atom is 0.279 e. The second kappa shape index (κ2) is 6.99. The van der Waals surface area contributed by atoms with Crippen molar-refractivity contribution in [1.29, 1.82) is 0 Å². The number of ether oxygens (including phenoxy) is 1. The Labute approximate surface area is 150 Å². The molecule has 0 spiro atoms. The van der Waals surface area contributed by atoms with Crippen molar-refractivity contribution in [2.45, 2.75) is 38.6 Å². The minimum absolute atomic E-state index is 0.146. The fraction of sp³-hybridized carbons (Fsp3) is 0.421. The second-order valence-corrected chi connectivity index (χ2v) is 6.59. The van der Waals surface area contributed by atoms with E-state index in [-0.39, 0.29) is 17.3 Å². The van der Waals surface area contributed by atoms with Crippen LogP contribution in [0, 0.1) is 5.82 Å². The molecular formula is C19H21FN4O2. The van der Waals surface area contributed by atoms with E-state index in [1.165, 1.54) is 12.1 Å². The van der Waals surface area contributed by atoms with E-state index in [0.717, 1.165) is 24.2 Å². The van der Waals surface area contributed by atoms with Crippen LogP contribution in [0.2, 0.25) is 0 Å². The summed E-state index contributed by atoms with van der Waals surface area (Å²) in [6.45, 7) is 3.66. The molecule has 4 rings (SSSR count). The number of aryl methyl sites for hydroxylation is 1. The highest BCUT2D eigenvalue weighted by Crippen LogP contribution is 2.25. The van der Waals surface area contributed by atoms with Gasteiger partial charge in [0.1, 0.15) is 17.5 Å². The van der Waals surface area contributed by atoms with Gasteiger partial charge in [0.2, 0.25) is 0 Å². The van der Waals surface area contributed by atoms with Crippen LogP contribution in [0.1, 0.15) is 42.9 Å². The zero-order valence-electron chi connectivity index (χ0n) is 14.7. The van der Waals surface area contributed by atoms with E-state index in [9.17, 15) is 9.18 Å². The molecular weight excluding hydrogens is 335 g/mol. The molecule has 0 saturated carbocycles. The van der Waals surface area contributed by atoms with Gasteiger partial charge in [-0.25, -0.2) is 13.9 Å². The van der Waals surface area contributed by atoms with Crippen molar-refractivity contribution >= 4 is 5.52 Å². The van der Waals surface area contributed by atoms with E-state index in [4.69, 9.17) is 9.84 Å². The first-order valence-electron chi connectivity index (χ1n) is 8.97. The summed E-state index contributed by atoms with van der Waals surface area (Å²) >= 11 is 0. The summed E-state index contributed by atoms with van der Waals surface area (Å²) in [7, 11) is 0. The van der Waals surface area contributed by atoms with Crippen LogP contribution in [0.5, 0.6) is 0 Å². The van der Waals surface area contributed by atoms with Crippen LogP contribution in [0.3, 0.4) is 0 Å². The van der Waals surface area contributed by atoms with Gasteiger partial charge in [0.15, 0.2) is 5.52 Å². The third-order valence-corrected chi connectivity index (χ3v) is 4.89. The molecule has 0 atom stereocenters. The molecule has 1 aliphatic heterocycles. The highest BCUT2D eigenvalue weighted by molar-refractivity contribution is 5.43. The smallest absolute Gasteiger partial charge is 0.279 e. The molecule has 1 aliphatic rings. The lowest BCUT2D eigenvalue weighted by Crippen LogP contribution is -2.29. The summed E-state index contributed by atoms with van der Waals surface area (Å²) in [6, 6.07) is 6.30. The number of benzene rings is 1. The quantitative estimate of drug-likeness (QED) is 0.721. The number of imidazole rings is 1. The average Bonchev–Trinajstić information content (AvgIpc) is 3.09. The van der Waals surface area contributed by atoms with Gasteiger partial charge >= 0.3 is 0 Å². The fourth-order valence-corrected chi connectivity index (χ4v) is 3.51. The zero-order chi connectivity index (χ0) is 18.1. The van der Waals surface area contributed by atoms with Crippen LogP contribution in [-0.4, -0.2) is 32.4 Å². The normalized spacial score (nSPS) is 15.6. The van der Waals surface area contributed by atoms with E-state index in [1.54, 1.807) is 21.3 Å². The van der Waals surface area contributed by atoms with Gasteiger partial charge in [-0.1, -0.05) is 19.1 Å². The van der Waals surface area contributed by atoms with Crippen LogP contribution in [0.4, 0.5) is 4.39 Å². The standard InChI is InChI=1S/C19H21FN4O2/c1-2-17-22-24-16(11-21-18(24)14-6-8-26-9-7-14)19(25)23(17)12-13-4-3-5-15(20)10-13/h3-5,10-11,14H,2,6-9,12H2,1H3. The molecule has 26 heavy (non-hydrogen) atoms. The maximum absolute atomic E-state index is 13.5. The highest BCUT2D eigenvalue weighted by Gasteiger charge is 2.23. The van der Waals surface area contributed by atoms with Crippen molar-refractivity contribution in [3.05, 3.63) is 63.8 Å². The molecule has 0 N–H and O–H groups in total. The molecule has 6 nitrogen and oxygen atoms in total. The predicted octanol–water partition coefficient (Wildman–Crippen LogP) is 2.53. The van der Waals surface area contributed by atoms with E-state index >= 15 is 0 Å². The zero-order valence-corrected chi connectivity index (χ0v) is 14.7. The van der Waals surface area contributed by atoms with Gasteiger partial charge in [0.25, 0.3) is 5.56 Å². The molecule has 0 unspecified atom stereocenters. The van der Waals surface area contributed by atoms with E-state index < -0.39 is 0 Å². The van der Waals surface area contributed by atoms with Crippen LogP contribution in [0.15, 0.2) is 35.3 Å².